The molecule has 2 N–H and O–H groups in total. The molecule has 0 aliphatic carbocycles. The van der Waals surface area contributed by atoms with Gasteiger partial charge in [0.2, 0.25) is 0 Å². The minimum atomic E-state index is -1.25. The van der Waals surface area contributed by atoms with E-state index in [1.54, 1.807) is 12.3 Å². The van der Waals surface area contributed by atoms with Crippen LogP contribution >= 0.6 is 11.8 Å². The molecule has 2 heterocycles. The normalized spacial score (nSPS) is 17.5. The van der Waals surface area contributed by atoms with E-state index in [1.807, 2.05) is 6.92 Å². The highest BCUT2D eigenvalue weighted by molar-refractivity contribution is 8.02. The smallest absolute Gasteiger partial charge is 0.351 e. The largest absolute Gasteiger partial charge is 0.419 e. The summed E-state index contributed by atoms with van der Waals surface area (Å²) in [7, 11) is 0. The summed E-state index contributed by atoms with van der Waals surface area (Å²) in [5.74, 6) is -2.17. The fourth-order valence-electron chi connectivity index (χ4n) is 1.65. The Balaban J connectivity index is 2.32. The Morgan fingerprint density at radius 2 is 1.95 bits per heavy atom. The highest BCUT2D eigenvalue weighted by Crippen LogP contribution is 2.28. The van der Waals surface area contributed by atoms with E-state index in [1.165, 1.54) is 25.6 Å². The van der Waals surface area contributed by atoms with Crippen LogP contribution in [0, 0.1) is 6.92 Å². The van der Waals surface area contributed by atoms with Crippen LogP contribution < -0.4 is 5.32 Å². The topological polar surface area (TPSA) is 93.3 Å². The molecule has 0 spiro atoms. The van der Waals surface area contributed by atoms with Crippen molar-refractivity contribution < 1.29 is 19.1 Å². The van der Waals surface area contributed by atoms with Crippen molar-refractivity contribution in [2.45, 2.75) is 26.6 Å². The van der Waals surface area contributed by atoms with Crippen molar-refractivity contribution in [2.75, 3.05) is 11.6 Å². The van der Waals surface area contributed by atoms with E-state index in [4.69, 9.17) is 9.47 Å². The highest BCUT2D eigenvalue weighted by Gasteiger charge is 2.41. The van der Waals surface area contributed by atoms with Gasteiger partial charge in [-0.15, -0.1) is 11.8 Å². The number of anilines is 1. The van der Waals surface area contributed by atoms with Gasteiger partial charge in [0.05, 0.1) is 5.03 Å². The van der Waals surface area contributed by atoms with Gasteiger partial charge in [-0.25, -0.2) is 9.59 Å². The first kappa shape index (κ1) is 14.4. The number of aromatic amines is 1. The SMILES string of the molecule is CSC(Nc1cc(C)[nH]n1)=C1C(=O)OC(C)(C)OC1=O. The molecule has 1 fully saturated rings. The number of nitrogens with one attached hydrogen (secondary N) is 2. The number of thioether (sulfide) groups is 1. The molecular formula is C12H15N3O4S. The van der Waals surface area contributed by atoms with E-state index in [0.29, 0.717) is 10.8 Å². The van der Waals surface area contributed by atoms with Gasteiger partial charge in [0.1, 0.15) is 0 Å². The third kappa shape index (κ3) is 2.96. The van der Waals surface area contributed by atoms with Gasteiger partial charge in [0.25, 0.3) is 5.79 Å². The summed E-state index contributed by atoms with van der Waals surface area (Å²) in [6.07, 6.45) is 1.73. The number of H-pyrrole nitrogens is 1. The van der Waals surface area contributed by atoms with Crippen LogP contribution in [0.25, 0.3) is 0 Å². The van der Waals surface area contributed by atoms with Crippen molar-refractivity contribution in [3.63, 3.8) is 0 Å². The van der Waals surface area contributed by atoms with E-state index in [2.05, 4.69) is 15.5 Å². The highest BCUT2D eigenvalue weighted by atomic mass is 32.2. The summed E-state index contributed by atoms with van der Waals surface area (Å²) in [6, 6.07) is 1.75. The predicted octanol–water partition coefficient (Wildman–Crippen LogP) is 1.54. The molecule has 0 atom stereocenters. The second-order valence-electron chi connectivity index (χ2n) is 4.65. The number of carbonyl (C=O) groups excluding carboxylic acids is 2. The zero-order valence-electron chi connectivity index (χ0n) is 11.6. The summed E-state index contributed by atoms with van der Waals surface area (Å²) in [5.41, 5.74) is 0.699. The maximum Gasteiger partial charge on any atom is 0.351 e. The molecule has 108 valence electrons. The minimum absolute atomic E-state index is 0.155. The molecule has 1 aliphatic heterocycles. The fourth-order valence-corrected chi connectivity index (χ4v) is 2.23. The van der Waals surface area contributed by atoms with Crippen LogP contribution in [0.3, 0.4) is 0 Å². The summed E-state index contributed by atoms with van der Waals surface area (Å²) < 4.78 is 10.1. The van der Waals surface area contributed by atoms with Crippen molar-refractivity contribution in [3.05, 3.63) is 22.4 Å². The molecule has 0 aromatic carbocycles. The fraction of sp³-hybridized carbons (Fsp3) is 0.417. The van der Waals surface area contributed by atoms with Crippen LogP contribution in [0.15, 0.2) is 16.7 Å². The molecule has 2 rings (SSSR count). The first-order valence-electron chi connectivity index (χ1n) is 5.86. The Bertz CT molecular complexity index is 569. The molecule has 0 amide bonds. The maximum absolute atomic E-state index is 12.0. The van der Waals surface area contributed by atoms with Gasteiger partial charge in [-0.1, -0.05) is 0 Å². The first-order chi connectivity index (χ1) is 9.32. The van der Waals surface area contributed by atoms with Crippen molar-refractivity contribution in [2.24, 2.45) is 0 Å². The summed E-state index contributed by atoms with van der Waals surface area (Å²) in [4.78, 5) is 23.9. The van der Waals surface area contributed by atoms with E-state index in [0.717, 1.165) is 5.69 Å². The minimum Gasteiger partial charge on any atom is -0.419 e. The van der Waals surface area contributed by atoms with Crippen molar-refractivity contribution >= 4 is 29.5 Å². The zero-order valence-corrected chi connectivity index (χ0v) is 12.4. The number of carbonyl (C=O) groups is 2. The van der Waals surface area contributed by atoms with Crippen LogP contribution in [0.5, 0.6) is 0 Å². The summed E-state index contributed by atoms with van der Waals surface area (Å²) in [5, 5.41) is 9.99. The molecule has 0 unspecified atom stereocenters. The number of ether oxygens (including phenoxy) is 2. The molecular weight excluding hydrogens is 282 g/mol. The molecule has 0 radical (unpaired) electrons. The number of rotatable bonds is 3. The molecule has 0 saturated carbocycles. The van der Waals surface area contributed by atoms with E-state index < -0.39 is 17.7 Å². The second kappa shape index (κ2) is 5.20. The molecule has 8 heteroatoms. The zero-order chi connectivity index (χ0) is 14.9. The third-order valence-corrected chi connectivity index (χ3v) is 3.18. The number of nitrogens with zero attached hydrogens (tertiary/aromatic N) is 1. The van der Waals surface area contributed by atoms with E-state index in [9.17, 15) is 9.59 Å². The van der Waals surface area contributed by atoms with Crippen LogP contribution in [0.1, 0.15) is 19.5 Å². The van der Waals surface area contributed by atoms with Gasteiger partial charge in [0.15, 0.2) is 11.4 Å². The quantitative estimate of drug-likeness (QED) is 0.496. The second-order valence-corrected chi connectivity index (χ2v) is 5.46. The predicted molar refractivity (Wildman–Crippen MR) is 73.8 cm³/mol. The van der Waals surface area contributed by atoms with Gasteiger partial charge in [-0.3, -0.25) is 5.10 Å². The molecule has 1 aromatic heterocycles. The lowest BCUT2D eigenvalue weighted by molar-refractivity contribution is -0.222. The average Bonchev–Trinajstić information content (AvgIpc) is 2.71. The molecule has 7 nitrogen and oxygen atoms in total. The van der Waals surface area contributed by atoms with Gasteiger partial charge in [-0.05, 0) is 13.2 Å². The number of hydrogen-bond donors (Lipinski definition) is 2. The third-order valence-electron chi connectivity index (χ3n) is 2.46. The number of aromatic nitrogens is 2. The maximum atomic E-state index is 12.0. The average molecular weight is 297 g/mol. The molecule has 1 aliphatic rings. The monoisotopic (exact) mass is 297 g/mol. The molecule has 0 bridgehead atoms. The Morgan fingerprint density at radius 3 is 2.40 bits per heavy atom. The lowest BCUT2D eigenvalue weighted by Gasteiger charge is -2.30. The van der Waals surface area contributed by atoms with Gasteiger partial charge >= 0.3 is 11.9 Å². The molecule has 20 heavy (non-hydrogen) atoms. The van der Waals surface area contributed by atoms with Crippen LogP contribution in [0.2, 0.25) is 0 Å². The number of hydrogen-bond acceptors (Lipinski definition) is 7. The first-order valence-corrected chi connectivity index (χ1v) is 7.09. The van der Waals surface area contributed by atoms with Crippen molar-refractivity contribution in [1.29, 1.82) is 0 Å². The molecule has 1 saturated heterocycles. The summed E-state index contributed by atoms with van der Waals surface area (Å²) in [6.45, 7) is 4.85. The number of cyclic esters (lactones) is 2. The number of aryl methyl sites for hydroxylation is 1. The van der Waals surface area contributed by atoms with Crippen molar-refractivity contribution in [3.8, 4) is 0 Å². The van der Waals surface area contributed by atoms with Gasteiger partial charge in [-0.2, -0.15) is 5.10 Å². The summed E-state index contributed by atoms with van der Waals surface area (Å²) >= 11 is 1.20. The Kier molecular flexibility index (Phi) is 3.76. The Hall–Kier alpha value is -1.96. The van der Waals surface area contributed by atoms with Crippen LogP contribution in [-0.4, -0.2) is 34.2 Å². The van der Waals surface area contributed by atoms with Gasteiger partial charge < -0.3 is 14.8 Å². The van der Waals surface area contributed by atoms with Crippen molar-refractivity contribution in [1.82, 2.24) is 10.2 Å². The van der Waals surface area contributed by atoms with Crippen LogP contribution in [0.4, 0.5) is 5.82 Å². The lowest BCUT2D eigenvalue weighted by atomic mass is 10.2. The Labute approximate surface area is 120 Å². The van der Waals surface area contributed by atoms with E-state index in [-0.39, 0.29) is 5.57 Å². The Morgan fingerprint density at radius 1 is 1.35 bits per heavy atom. The standard InChI is InChI=1S/C12H15N3O4S/c1-6-5-7(15-14-6)13-9(20-4)8-10(16)18-12(2,3)19-11(8)17/h5H,1-4H3,(H2,13,14,15). The molecule has 1 aromatic rings. The van der Waals surface area contributed by atoms with Crippen LogP contribution in [-0.2, 0) is 19.1 Å². The lowest BCUT2D eigenvalue weighted by Crippen LogP contribution is -2.42. The number of esters is 2. The van der Waals surface area contributed by atoms with E-state index >= 15 is 0 Å². The van der Waals surface area contributed by atoms with Gasteiger partial charge in [0, 0.05) is 25.6 Å².